The van der Waals surface area contributed by atoms with Crippen LogP contribution >= 0.6 is 0 Å². The van der Waals surface area contributed by atoms with E-state index in [0.717, 1.165) is 0 Å². The van der Waals surface area contributed by atoms with Gasteiger partial charge in [0, 0.05) is 12.8 Å². The van der Waals surface area contributed by atoms with Crippen LogP contribution in [0.1, 0.15) is 26.7 Å². The lowest BCUT2D eigenvalue weighted by Crippen LogP contribution is -2.14. The van der Waals surface area contributed by atoms with E-state index in [1.54, 1.807) is 0 Å². The van der Waals surface area contributed by atoms with Crippen LogP contribution in [-0.2, 0) is 9.53 Å². The summed E-state index contributed by atoms with van der Waals surface area (Å²) in [5, 5.41) is 0. The Hall–Kier alpha value is -0.370. The molecule has 2 heteroatoms. The zero-order valence-electron chi connectivity index (χ0n) is 6.14. The van der Waals surface area contributed by atoms with Gasteiger partial charge in [0.15, 0.2) is 0 Å². The maximum absolute atomic E-state index is 10.4. The summed E-state index contributed by atoms with van der Waals surface area (Å²) in [6, 6.07) is 0. The molecule has 1 heterocycles. The number of hydrogen-bond acceptors (Lipinski definition) is 2. The SMILES string of the molecule is CC.O=C1CCOCC1. The summed E-state index contributed by atoms with van der Waals surface area (Å²) >= 11 is 0. The molecule has 1 saturated heterocycles. The van der Waals surface area contributed by atoms with Crippen LogP contribution in [0.15, 0.2) is 0 Å². The Labute approximate surface area is 56.2 Å². The fourth-order valence-electron chi connectivity index (χ4n) is 0.599. The second-order valence-corrected chi connectivity index (χ2v) is 1.65. The Morgan fingerprint density at radius 3 is 1.89 bits per heavy atom. The molecule has 0 atom stereocenters. The average molecular weight is 130 g/mol. The molecule has 0 saturated carbocycles. The maximum Gasteiger partial charge on any atom is 0.137 e. The number of hydrogen-bond donors (Lipinski definition) is 0. The molecule has 0 unspecified atom stereocenters. The first-order chi connectivity index (χ1) is 4.39. The fourth-order valence-corrected chi connectivity index (χ4v) is 0.599. The van der Waals surface area contributed by atoms with Crippen LogP contribution in [0, 0.1) is 0 Å². The zero-order chi connectivity index (χ0) is 7.11. The topological polar surface area (TPSA) is 26.3 Å². The predicted octanol–water partition coefficient (Wildman–Crippen LogP) is 1.39. The lowest BCUT2D eigenvalue weighted by molar-refractivity contribution is -0.124. The summed E-state index contributed by atoms with van der Waals surface area (Å²) in [5.74, 6) is 0.339. The van der Waals surface area contributed by atoms with Crippen LogP contribution < -0.4 is 0 Å². The van der Waals surface area contributed by atoms with E-state index < -0.39 is 0 Å². The van der Waals surface area contributed by atoms with E-state index in [4.69, 9.17) is 4.74 Å². The normalized spacial score (nSPS) is 18.2. The number of ketones is 1. The molecule has 0 N–H and O–H groups in total. The molecule has 1 aliphatic rings. The smallest absolute Gasteiger partial charge is 0.137 e. The Bertz CT molecular complexity index is 71.0. The van der Waals surface area contributed by atoms with Gasteiger partial charge in [0.05, 0.1) is 13.2 Å². The van der Waals surface area contributed by atoms with Crippen LogP contribution in [0.25, 0.3) is 0 Å². The summed E-state index contributed by atoms with van der Waals surface area (Å²) in [7, 11) is 0. The standard InChI is InChI=1S/C5H8O2.C2H6/c6-5-1-3-7-4-2-5;1-2/h1-4H2;1-2H3. The third-order valence-electron chi connectivity index (χ3n) is 1.05. The highest BCUT2D eigenvalue weighted by Crippen LogP contribution is 1.98. The van der Waals surface area contributed by atoms with Gasteiger partial charge in [-0.15, -0.1) is 0 Å². The Kier molecular flexibility index (Phi) is 5.52. The van der Waals surface area contributed by atoms with Gasteiger partial charge in [-0.2, -0.15) is 0 Å². The summed E-state index contributed by atoms with van der Waals surface area (Å²) in [4.78, 5) is 10.4. The molecule has 9 heavy (non-hydrogen) atoms. The molecule has 0 aromatic rings. The molecule has 0 bridgehead atoms. The Balaban J connectivity index is 0.000000291. The molecule has 0 amide bonds. The third-order valence-corrected chi connectivity index (χ3v) is 1.05. The Morgan fingerprint density at radius 2 is 1.67 bits per heavy atom. The maximum atomic E-state index is 10.4. The zero-order valence-corrected chi connectivity index (χ0v) is 6.14. The minimum atomic E-state index is 0.339. The van der Waals surface area contributed by atoms with Crippen LogP contribution in [0.2, 0.25) is 0 Å². The highest BCUT2D eigenvalue weighted by Gasteiger charge is 2.06. The van der Waals surface area contributed by atoms with Crippen molar-refractivity contribution in [1.29, 1.82) is 0 Å². The molecular formula is C7H14O2. The van der Waals surface area contributed by atoms with Crippen LogP contribution in [0.4, 0.5) is 0 Å². The quantitative estimate of drug-likeness (QED) is 0.495. The van der Waals surface area contributed by atoms with Crippen molar-refractivity contribution < 1.29 is 9.53 Å². The minimum absolute atomic E-state index is 0.339. The van der Waals surface area contributed by atoms with Crippen molar-refractivity contribution in [3.8, 4) is 0 Å². The lowest BCUT2D eigenvalue weighted by Gasteiger charge is -2.07. The first-order valence-corrected chi connectivity index (χ1v) is 3.49. The van der Waals surface area contributed by atoms with Crippen molar-refractivity contribution in [3.63, 3.8) is 0 Å². The summed E-state index contributed by atoms with van der Waals surface area (Å²) in [6.07, 6.45) is 1.25. The molecule has 1 fully saturated rings. The van der Waals surface area contributed by atoms with E-state index in [-0.39, 0.29) is 0 Å². The first kappa shape index (κ1) is 8.63. The largest absolute Gasteiger partial charge is 0.381 e. The fraction of sp³-hybridized carbons (Fsp3) is 0.857. The van der Waals surface area contributed by atoms with Crippen molar-refractivity contribution >= 4 is 5.78 Å². The van der Waals surface area contributed by atoms with Gasteiger partial charge < -0.3 is 4.74 Å². The van der Waals surface area contributed by atoms with Crippen molar-refractivity contribution in [3.05, 3.63) is 0 Å². The van der Waals surface area contributed by atoms with Gasteiger partial charge in [-0.1, -0.05) is 13.8 Å². The second-order valence-electron chi connectivity index (χ2n) is 1.65. The van der Waals surface area contributed by atoms with Crippen molar-refractivity contribution in [1.82, 2.24) is 0 Å². The van der Waals surface area contributed by atoms with E-state index in [0.29, 0.717) is 31.8 Å². The third kappa shape index (κ3) is 4.15. The van der Waals surface area contributed by atoms with E-state index >= 15 is 0 Å². The first-order valence-electron chi connectivity index (χ1n) is 3.49. The molecular weight excluding hydrogens is 116 g/mol. The van der Waals surface area contributed by atoms with Gasteiger partial charge in [0.25, 0.3) is 0 Å². The molecule has 54 valence electrons. The molecule has 0 aromatic carbocycles. The molecule has 1 aliphatic heterocycles. The molecule has 2 nitrogen and oxygen atoms in total. The van der Waals surface area contributed by atoms with Gasteiger partial charge in [0.2, 0.25) is 0 Å². The number of Topliss-reactive ketones (excluding diaryl/α,β-unsaturated/α-hetero) is 1. The summed E-state index contributed by atoms with van der Waals surface area (Å²) < 4.78 is 4.92. The minimum Gasteiger partial charge on any atom is -0.381 e. The van der Waals surface area contributed by atoms with Gasteiger partial charge in [-0.25, -0.2) is 0 Å². The van der Waals surface area contributed by atoms with Gasteiger partial charge in [0.1, 0.15) is 5.78 Å². The van der Waals surface area contributed by atoms with E-state index in [2.05, 4.69) is 0 Å². The predicted molar refractivity (Wildman–Crippen MR) is 36.4 cm³/mol. The molecule has 0 aliphatic carbocycles. The van der Waals surface area contributed by atoms with E-state index in [1.807, 2.05) is 13.8 Å². The molecule has 0 spiro atoms. The summed E-state index contributed by atoms with van der Waals surface area (Å²) in [5.41, 5.74) is 0. The highest BCUT2D eigenvalue weighted by atomic mass is 16.5. The number of carbonyl (C=O) groups excluding carboxylic acids is 1. The van der Waals surface area contributed by atoms with Gasteiger partial charge in [-0.05, 0) is 0 Å². The van der Waals surface area contributed by atoms with Crippen molar-refractivity contribution in [2.24, 2.45) is 0 Å². The monoisotopic (exact) mass is 130 g/mol. The van der Waals surface area contributed by atoms with E-state index in [9.17, 15) is 4.79 Å². The average Bonchev–Trinajstić information content (AvgIpc) is 1.94. The number of rotatable bonds is 0. The Morgan fingerprint density at radius 1 is 1.22 bits per heavy atom. The van der Waals surface area contributed by atoms with Crippen LogP contribution in [0.5, 0.6) is 0 Å². The molecule has 0 aromatic heterocycles. The molecule has 1 rings (SSSR count). The molecule has 0 radical (unpaired) electrons. The van der Waals surface area contributed by atoms with Gasteiger partial charge >= 0.3 is 0 Å². The van der Waals surface area contributed by atoms with Crippen molar-refractivity contribution in [2.75, 3.05) is 13.2 Å². The van der Waals surface area contributed by atoms with Gasteiger partial charge in [-0.3, -0.25) is 4.79 Å². The number of carbonyl (C=O) groups is 1. The second kappa shape index (κ2) is 5.76. The highest BCUT2D eigenvalue weighted by molar-refractivity contribution is 5.78. The number of ether oxygens (including phenoxy) is 1. The lowest BCUT2D eigenvalue weighted by atomic mass is 10.2. The van der Waals surface area contributed by atoms with E-state index in [1.165, 1.54) is 0 Å². The van der Waals surface area contributed by atoms with Crippen LogP contribution in [0.3, 0.4) is 0 Å². The van der Waals surface area contributed by atoms with Crippen LogP contribution in [-0.4, -0.2) is 19.0 Å². The summed E-state index contributed by atoms with van der Waals surface area (Å²) in [6.45, 7) is 5.28. The van der Waals surface area contributed by atoms with Crippen molar-refractivity contribution in [2.45, 2.75) is 26.7 Å².